The lowest BCUT2D eigenvalue weighted by atomic mass is 9.85. The first-order chi connectivity index (χ1) is 23.7. The van der Waals surface area contributed by atoms with Crippen LogP contribution in [-0.4, -0.2) is 94.2 Å². The molecule has 12 nitrogen and oxygen atoms in total. The number of rotatable bonds is 16. The van der Waals surface area contributed by atoms with Gasteiger partial charge in [-0.25, -0.2) is 9.59 Å². The van der Waals surface area contributed by atoms with E-state index < -0.39 is 40.6 Å². The molecule has 0 unspecified atom stereocenters. The Balaban J connectivity index is 1.57. The highest BCUT2D eigenvalue weighted by Gasteiger charge is 2.41. The first-order valence-electron chi connectivity index (χ1n) is 17.2. The Morgan fingerprint density at radius 1 is 1.04 bits per heavy atom. The second kappa shape index (κ2) is 19.3. The Kier molecular flexibility index (Phi) is 15.6. The van der Waals surface area contributed by atoms with Gasteiger partial charge < -0.3 is 29.4 Å². The molecular weight excluding hydrogens is 659 g/mol. The predicted molar refractivity (Wildman–Crippen MR) is 193 cm³/mol. The number of nitrogens with one attached hydrogen (secondary N) is 2. The van der Waals surface area contributed by atoms with E-state index in [4.69, 9.17) is 9.47 Å². The summed E-state index contributed by atoms with van der Waals surface area (Å²) in [6, 6.07) is 12.7. The van der Waals surface area contributed by atoms with Crippen molar-refractivity contribution in [1.29, 1.82) is 0 Å². The summed E-state index contributed by atoms with van der Waals surface area (Å²) in [4.78, 5) is 71.3. The van der Waals surface area contributed by atoms with Crippen LogP contribution in [0, 0.1) is 5.92 Å². The Morgan fingerprint density at radius 2 is 1.70 bits per heavy atom. The summed E-state index contributed by atoms with van der Waals surface area (Å²) in [7, 11) is 1.71. The molecule has 0 radical (unpaired) electrons. The van der Waals surface area contributed by atoms with Crippen LogP contribution in [-0.2, 0) is 36.7 Å². The predicted octanol–water partition coefficient (Wildman–Crippen LogP) is 5.35. The lowest BCUT2D eigenvalue weighted by Crippen LogP contribution is -2.51. The van der Waals surface area contributed by atoms with E-state index >= 15 is 0 Å². The van der Waals surface area contributed by atoms with E-state index in [1.807, 2.05) is 77.1 Å². The first-order valence-corrected chi connectivity index (χ1v) is 18.1. The number of amides is 4. The lowest BCUT2D eigenvalue weighted by Gasteiger charge is -2.41. The maximum atomic E-state index is 13.4. The second-order valence-corrected chi connectivity index (χ2v) is 15.3. The number of carbonyl (C=O) groups excluding carboxylic acids is 5. The summed E-state index contributed by atoms with van der Waals surface area (Å²) in [5.41, 5.74) is 0.567. The number of hydrogen-bond donors (Lipinski definition) is 2. The molecule has 1 aliphatic heterocycles. The van der Waals surface area contributed by atoms with E-state index in [1.54, 1.807) is 29.2 Å². The fourth-order valence-corrected chi connectivity index (χ4v) is 6.51. The van der Waals surface area contributed by atoms with Crippen LogP contribution in [0.4, 0.5) is 9.59 Å². The molecule has 0 saturated carbocycles. The van der Waals surface area contributed by atoms with Crippen LogP contribution in [0.5, 0.6) is 0 Å². The standard InChI is InChI=1S/C37H53N5O7S/c1-27(2)24-31(33(45)39-30(26-43)12-13-32(44)41(6)21-16-28-14-19-38-20-15-28)50-40-34(46)48-37(25-29-10-8-7-9-11-29)17-22-42(23-18-37)35(47)49-36(3,4)5/h7-11,14-15,19-20,26-27,30-31H,12-13,16-18,21-25H2,1-6H3,(H,39,45)(H,40,46)/t30-,31-/m0/s1. The Morgan fingerprint density at radius 3 is 2.30 bits per heavy atom. The normalized spacial score (nSPS) is 15.4. The van der Waals surface area contributed by atoms with Gasteiger partial charge in [0, 0.05) is 64.8 Å². The van der Waals surface area contributed by atoms with Gasteiger partial charge in [0.2, 0.25) is 11.8 Å². The average Bonchev–Trinajstić information content (AvgIpc) is 3.07. The van der Waals surface area contributed by atoms with Crippen molar-refractivity contribution in [2.75, 3.05) is 26.7 Å². The fraction of sp³-hybridized carbons (Fsp3) is 0.568. The number of likely N-dealkylation sites (tertiary alicyclic amines) is 1. The van der Waals surface area contributed by atoms with E-state index in [0.29, 0.717) is 58.0 Å². The van der Waals surface area contributed by atoms with E-state index in [-0.39, 0.29) is 24.7 Å². The maximum absolute atomic E-state index is 13.4. The molecule has 1 aromatic carbocycles. The molecule has 2 heterocycles. The molecule has 13 heteroatoms. The number of ether oxygens (including phenoxy) is 2. The monoisotopic (exact) mass is 711 g/mol. The van der Waals surface area contributed by atoms with Crippen LogP contribution >= 0.6 is 11.9 Å². The fourth-order valence-electron chi connectivity index (χ4n) is 5.57. The van der Waals surface area contributed by atoms with Crippen molar-refractivity contribution in [2.24, 2.45) is 5.92 Å². The van der Waals surface area contributed by atoms with Gasteiger partial charge in [0.25, 0.3) is 0 Å². The highest BCUT2D eigenvalue weighted by atomic mass is 32.2. The molecule has 0 aliphatic carbocycles. The molecular formula is C37H53N5O7S. The van der Waals surface area contributed by atoms with Crippen LogP contribution in [0.25, 0.3) is 0 Å². The van der Waals surface area contributed by atoms with Crippen LogP contribution in [0.1, 0.15) is 77.8 Å². The minimum atomic E-state index is -0.874. The molecule has 2 N–H and O–H groups in total. The van der Waals surface area contributed by atoms with E-state index in [2.05, 4.69) is 15.0 Å². The Bertz CT molecular complexity index is 1400. The number of pyridine rings is 1. The number of piperidine rings is 1. The Labute approximate surface area is 300 Å². The number of nitrogens with zero attached hydrogens (tertiary/aromatic N) is 3. The highest BCUT2D eigenvalue weighted by molar-refractivity contribution is 7.99. The van der Waals surface area contributed by atoms with Crippen molar-refractivity contribution < 1.29 is 33.4 Å². The van der Waals surface area contributed by atoms with Gasteiger partial charge in [-0.2, -0.15) is 0 Å². The molecule has 0 bridgehead atoms. The quantitative estimate of drug-likeness (QED) is 0.174. The van der Waals surface area contributed by atoms with Crippen LogP contribution in [0.2, 0.25) is 0 Å². The average molecular weight is 712 g/mol. The van der Waals surface area contributed by atoms with Crippen LogP contribution in [0.15, 0.2) is 54.9 Å². The summed E-state index contributed by atoms with van der Waals surface area (Å²) in [6.45, 7) is 10.6. The van der Waals surface area contributed by atoms with Crippen molar-refractivity contribution in [3.8, 4) is 0 Å². The van der Waals surface area contributed by atoms with Gasteiger partial charge in [0.1, 0.15) is 22.7 Å². The van der Waals surface area contributed by atoms with Gasteiger partial charge >= 0.3 is 12.2 Å². The summed E-state index contributed by atoms with van der Waals surface area (Å²) < 4.78 is 14.4. The van der Waals surface area contributed by atoms with Gasteiger partial charge in [-0.1, -0.05) is 44.2 Å². The summed E-state index contributed by atoms with van der Waals surface area (Å²) in [5.74, 6) is -0.425. The molecule has 1 fully saturated rings. The molecule has 4 amide bonds. The van der Waals surface area contributed by atoms with Gasteiger partial charge in [-0.15, -0.1) is 0 Å². The van der Waals surface area contributed by atoms with Crippen molar-refractivity contribution in [3.63, 3.8) is 0 Å². The molecule has 1 aromatic heterocycles. The third-order valence-corrected chi connectivity index (χ3v) is 9.31. The minimum Gasteiger partial charge on any atom is -0.444 e. The zero-order valence-electron chi connectivity index (χ0n) is 30.2. The van der Waals surface area contributed by atoms with Gasteiger partial charge in [0.05, 0.1) is 6.04 Å². The minimum absolute atomic E-state index is 0.0952. The molecule has 3 rings (SSSR count). The number of hydrogen-bond acceptors (Lipinski definition) is 9. The second-order valence-electron chi connectivity index (χ2n) is 14.3. The molecule has 2 aromatic rings. The SMILES string of the molecule is CC(C)C[C@H](SNC(=O)OC1(Cc2ccccc2)CCN(C(=O)OC(C)(C)C)CC1)C(=O)N[C@H](C=O)CCC(=O)N(C)CCc1ccncc1. The Hall–Kier alpha value is -4.13. The van der Waals surface area contributed by atoms with Gasteiger partial charge in [-0.3, -0.25) is 19.3 Å². The molecule has 1 aliphatic rings. The van der Waals surface area contributed by atoms with Crippen LogP contribution < -0.4 is 10.0 Å². The zero-order valence-corrected chi connectivity index (χ0v) is 31.0. The van der Waals surface area contributed by atoms with E-state index in [9.17, 15) is 24.0 Å². The number of benzene rings is 1. The topological polar surface area (TPSA) is 147 Å². The first kappa shape index (κ1) is 40.3. The summed E-state index contributed by atoms with van der Waals surface area (Å²) in [5, 5.41) is 2.05. The third kappa shape index (κ3) is 14.0. The van der Waals surface area contributed by atoms with Crippen molar-refractivity contribution in [3.05, 3.63) is 66.0 Å². The lowest BCUT2D eigenvalue weighted by molar-refractivity contribution is -0.130. The number of likely N-dealkylation sites (N-methyl/N-ethyl adjacent to an activating group) is 1. The van der Waals surface area contributed by atoms with E-state index in [1.165, 1.54) is 0 Å². The van der Waals surface area contributed by atoms with Crippen LogP contribution in [0.3, 0.4) is 0 Å². The summed E-state index contributed by atoms with van der Waals surface area (Å²) >= 11 is 0.941. The van der Waals surface area contributed by atoms with Crippen molar-refractivity contribution >= 4 is 42.2 Å². The number of aldehydes is 1. The molecule has 50 heavy (non-hydrogen) atoms. The van der Waals surface area contributed by atoms with Gasteiger partial charge in [-0.05, 0) is 81.2 Å². The maximum Gasteiger partial charge on any atom is 0.417 e. The van der Waals surface area contributed by atoms with Crippen molar-refractivity contribution in [1.82, 2.24) is 24.8 Å². The van der Waals surface area contributed by atoms with Gasteiger partial charge in [0.15, 0.2) is 0 Å². The number of carbonyl (C=O) groups is 5. The van der Waals surface area contributed by atoms with Crippen molar-refractivity contribution in [2.45, 2.75) is 102 Å². The third-order valence-electron chi connectivity index (χ3n) is 8.34. The highest BCUT2D eigenvalue weighted by Crippen LogP contribution is 2.32. The molecule has 2 atom stereocenters. The largest absolute Gasteiger partial charge is 0.444 e. The van der Waals surface area contributed by atoms with E-state index in [0.717, 1.165) is 23.1 Å². The number of aromatic nitrogens is 1. The summed E-state index contributed by atoms with van der Waals surface area (Å²) in [6.07, 6.45) is 5.60. The molecule has 0 spiro atoms. The smallest absolute Gasteiger partial charge is 0.417 e. The molecule has 1 saturated heterocycles. The zero-order chi connectivity index (χ0) is 36.7. The molecule has 274 valence electrons.